The molecule has 0 radical (unpaired) electrons. The van der Waals surface area contributed by atoms with Gasteiger partial charge in [0.15, 0.2) is 10.9 Å². The number of thiazole rings is 1. The van der Waals surface area contributed by atoms with Crippen LogP contribution in [0.5, 0.6) is 5.75 Å². The zero-order chi connectivity index (χ0) is 20.1. The van der Waals surface area contributed by atoms with E-state index in [1.807, 2.05) is 0 Å². The molecule has 3 aromatic rings. The summed E-state index contributed by atoms with van der Waals surface area (Å²) >= 11 is 7.03. The normalized spacial score (nSPS) is 11.1. The lowest BCUT2D eigenvalue weighted by Crippen LogP contribution is -2.20. The number of amides is 1. The molecular formula is C17H12ClF3N4O2S. The second-order valence-corrected chi connectivity index (χ2v) is 6.69. The molecule has 0 atom stereocenters. The molecule has 0 bridgehead atoms. The van der Waals surface area contributed by atoms with Crippen molar-refractivity contribution in [3.05, 3.63) is 58.7 Å². The largest absolute Gasteiger partial charge is 0.573 e. The molecule has 0 saturated heterocycles. The number of rotatable bonds is 6. The minimum atomic E-state index is -4.86. The number of ether oxygens (including phenoxy) is 1. The number of anilines is 3. The molecule has 28 heavy (non-hydrogen) atoms. The minimum Gasteiger partial charge on any atom is -0.404 e. The van der Waals surface area contributed by atoms with Crippen molar-refractivity contribution in [1.29, 1.82) is 0 Å². The van der Waals surface area contributed by atoms with Gasteiger partial charge in [0.2, 0.25) is 5.91 Å². The predicted octanol–water partition coefficient (Wildman–Crippen LogP) is 5.01. The molecule has 0 saturated carbocycles. The molecule has 0 spiro atoms. The maximum atomic E-state index is 12.4. The second kappa shape index (κ2) is 8.44. The SMILES string of the molecule is O=C(Cc1csc(Nc2ccc(Cl)cn2)n1)Nc1ccccc1OC(F)(F)F. The molecule has 11 heteroatoms. The van der Waals surface area contributed by atoms with Crippen molar-refractivity contribution in [3.63, 3.8) is 0 Å². The Bertz CT molecular complexity index is 964. The van der Waals surface area contributed by atoms with Gasteiger partial charge < -0.3 is 15.4 Å². The molecule has 0 aliphatic rings. The van der Waals surface area contributed by atoms with Crippen molar-refractivity contribution in [2.45, 2.75) is 12.8 Å². The first-order chi connectivity index (χ1) is 13.3. The van der Waals surface area contributed by atoms with E-state index in [0.717, 1.165) is 6.07 Å². The van der Waals surface area contributed by atoms with E-state index in [0.29, 0.717) is 21.7 Å². The number of benzene rings is 1. The van der Waals surface area contributed by atoms with Crippen LogP contribution in [0.1, 0.15) is 5.69 Å². The number of hydrogen-bond acceptors (Lipinski definition) is 6. The first-order valence-electron chi connectivity index (χ1n) is 7.76. The Labute approximate surface area is 166 Å². The van der Waals surface area contributed by atoms with Crippen LogP contribution in [0.4, 0.5) is 29.8 Å². The fourth-order valence-corrected chi connectivity index (χ4v) is 2.98. The molecule has 0 unspecified atom stereocenters. The van der Waals surface area contributed by atoms with E-state index in [2.05, 4.69) is 25.3 Å². The summed E-state index contributed by atoms with van der Waals surface area (Å²) in [6, 6.07) is 8.64. The Kier molecular flexibility index (Phi) is 6.00. The second-order valence-electron chi connectivity index (χ2n) is 5.40. The molecule has 1 aromatic carbocycles. The number of nitrogens with zero attached hydrogens (tertiary/aromatic N) is 2. The van der Waals surface area contributed by atoms with E-state index in [1.54, 1.807) is 17.5 Å². The highest BCUT2D eigenvalue weighted by molar-refractivity contribution is 7.13. The Hall–Kier alpha value is -2.85. The number of alkyl halides is 3. The van der Waals surface area contributed by atoms with Crippen molar-refractivity contribution >= 4 is 45.5 Å². The molecule has 6 nitrogen and oxygen atoms in total. The van der Waals surface area contributed by atoms with Gasteiger partial charge in [0.1, 0.15) is 5.82 Å². The number of pyridine rings is 1. The third-order valence-electron chi connectivity index (χ3n) is 3.24. The highest BCUT2D eigenvalue weighted by atomic mass is 35.5. The van der Waals surface area contributed by atoms with Crippen LogP contribution in [-0.4, -0.2) is 22.2 Å². The van der Waals surface area contributed by atoms with Crippen LogP contribution < -0.4 is 15.4 Å². The maximum absolute atomic E-state index is 12.4. The third-order valence-corrected chi connectivity index (χ3v) is 4.27. The molecule has 0 fully saturated rings. The summed E-state index contributed by atoms with van der Waals surface area (Å²) in [6.45, 7) is 0. The van der Waals surface area contributed by atoms with Crippen molar-refractivity contribution in [2.75, 3.05) is 10.6 Å². The highest BCUT2D eigenvalue weighted by Crippen LogP contribution is 2.30. The summed E-state index contributed by atoms with van der Waals surface area (Å²) in [7, 11) is 0. The van der Waals surface area contributed by atoms with Crippen molar-refractivity contribution in [1.82, 2.24) is 9.97 Å². The van der Waals surface area contributed by atoms with Crippen LogP contribution in [0.2, 0.25) is 5.02 Å². The smallest absolute Gasteiger partial charge is 0.404 e. The topological polar surface area (TPSA) is 76.1 Å². The number of halogens is 4. The third kappa shape index (κ3) is 5.83. The number of carbonyl (C=O) groups is 1. The van der Waals surface area contributed by atoms with Crippen LogP contribution in [0, 0.1) is 0 Å². The average Bonchev–Trinajstić information content (AvgIpc) is 3.04. The van der Waals surface area contributed by atoms with E-state index in [1.165, 1.54) is 35.7 Å². The van der Waals surface area contributed by atoms with Crippen LogP contribution in [-0.2, 0) is 11.2 Å². The first kappa shape index (κ1) is 19.9. The van der Waals surface area contributed by atoms with E-state index < -0.39 is 18.0 Å². The van der Waals surface area contributed by atoms with E-state index in [-0.39, 0.29) is 12.1 Å². The van der Waals surface area contributed by atoms with Crippen molar-refractivity contribution in [3.8, 4) is 5.75 Å². The Morgan fingerprint density at radius 2 is 2.00 bits per heavy atom. The molecular weight excluding hydrogens is 417 g/mol. The van der Waals surface area contributed by atoms with E-state index >= 15 is 0 Å². The van der Waals surface area contributed by atoms with Gasteiger partial charge in [-0.25, -0.2) is 9.97 Å². The fourth-order valence-electron chi connectivity index (χ4n) is 2.15. The summed E-state index contributed by atoms with van der Waals surface area (Å²) in [5.41, 5.74) is 0.372. The molecule has 1 amide bonds. The zero-order valence-corrected chi connectivity index (χ0v) is 15.5. The van der Waals surface area contributed by atoms with Crippen LogP contribution in [0.25, 0.3) is 0 Å². The standard InChI is InChI=1S/C17H12ClF3N4O2S/c18-10-5-6-14(22-8-10)25-16-23-11(9-28-16)7-15(26)24-12-3-1-2-4-13(12)27-17(19,20)21/h1-6,8-9H,7H2,(H,24,26)(H,22,23,25). The average molecular weight is 429 g/mol. The number of aromatic nitrogens is 2. The Balaban J connectivity index is 1.62. The molecule has 2 aromatic heterocycles. The van der Waals surface area contributed by atoms with E-state index in [4.69, 9.17) is 11.6 Å². The Morgan fingerprint density at radius 3 is 2.71 bits per heavy atom. The Morgan fingerprint density at radius 1 is 1.21 bits per heavy atom. The minimum absolute atomic E-state index is 0.0798. The van der Waals surface area contributed by atoms with Crippen LogP contribution in [0.15, 0.2) is 48.0 Å². The lowest BCUT2D eigenvalue weighted by Gasteiger charge is -2.13. The molecule has 146 valence electrons. The van der Waals surface area contributed by atoms with Crippen molar-refractivity contribution in [2.24, 2.45) is 0 Å². The summed E-state index contributed by atoms with van der Waals surface area (Å²) in [4.78, 5) is 20.5. The van der Waals surface area contributed by atoms with Gasteiger partial charge in [0.05, 0.1) is 22.8 Å². The monoisotopic (exact) mass is 428 g/mol. The quantitative estimate of drug-likeness (QED) is 0.577. The highest BCUT2D eigenvalue weighted by Gasteiger charge is 2.32. The number of nitrogens with one attached hydrogen (secondary N) is 2. The maximum Gasteiger partial charge on any atom is 0.573 e. The van der Waals surface area contributed by atoms with Crippen LogP contribution in [0.3, 0.4) is 0 Å². The fraction of sp³-hybridized carbons (Fsp3) is 0.118. The van der Waals surface area contributed by atoms with Gasteiger partial charge in [-0.15, -0.1) is 24.5 Å². The van der Waals surface area contributed by atoms with Gasteiger partial charge in [-0.1, -0.05) is 23.7 Å². The summed E-state index contributed by atoms with van der Waals surface area (Å²) in [5.74, 6) is -0.481. The lowest BCUT2D eigenvalue weighted by atomic mass is 10.2. The van der Waals surface area contributed by atoms with E-state index in [9.17, 15) is 18.0 Å². The van der Waals surface area contributed by atoms with Gasteiger partial charge in [0.25, 0.3) is 0 Å². The predicted molar refractivity (Wildman–Crippen MR) is 100 cm³/mol. The van der Waals surface area contributed by atoms with Gasteiger partial charge in [-0.2, -0.15) is 0 Å². The van der Waals surface area contributed by atoms with Gasteiger partial charge >= 0.3 is 6.36 Å². The van der Waals surface area contributed by atoms with Crippen LogP contribution >= 0.6 is 22.9 Å². The number of para-hydroxylation sites is 2. The summed E-state index contributed by atoms with van der Waals surface area (Å²) < 4.78 is 41.2. The van der Waals surface area contributed by atoms with Gasteiger partial charge in [-0.3, -0.25) is 4.79 Å². The number of carbonyl (C=O) groups excluding carboxylic acids is 1. The van der Waals surface area contributed by atoms with Crippen molar-refractivity contribution < 1.29 is 22.7 Å². The molecule has 3 rings (SSSR count). The summed E-state index contributed by atoms with van der Waals surface area (Å²) in [6.07, 6.45) is -3.50. The molecule has 2 N–H and O–H groups in total. The molecule has 0 aliphatic heterocycles. The number of hydrogen-bond donors (Lipinski definition) is 2. The van der Waals surface area contributed by atoms with Gasteiger partial charge in [0, 0.05) is 11.6 Å². The van der Waals surface area contributed by atoms with Gasteiger partial charge in [-0.05, 0) is 24.3 Å². The zero-order valence-electron chi connectivity index (χ0n) is 14.0. The molecule has 0 aliphatic carbocycles. The molecule has 2 heterocycles. The summed E-state index contributed by atoms with van der Waals surface area (Å²) in [5, 5.41) is 8.04. The lowest BCUT2D eigenvalue weighted by molar-refractivity contribution is -0.274. The first-order valence-corrected chi connectivity index (χ1v) is 9.02.